The first-order chi connectivity index (χ1) is 13.7. The summed E-state index contributed by atoms with van der Waals surface area (Å²) in [5.41, 5.74) is 3.66. The van der Waals surface area contributed by atoms with Gasteiger partial charge in [0, 0.05) is 16.8 Å². The fourth-order valence-corrected chi connectivity index (χ4v) is 4.71. The lowest BCUT2D eigenvalue weighted by atomic mass is 10.1. The van der Waals surface area contributed by atoms with Crippen molar-refractivity contribution >= 4 is 39.9 Å². The standard InChI is InChI=1S/C21H16N4OS2/c1-14-12-27-20(23-14)16(11-22)19(26)13-28-21-24-17-9-5-6-10-18(17)25(21)15-7-3-2-4-8-15/h2-10,12,16H,13H2,1H3/t16-/m1/s1. The minimum atomic E-state index is -0.833. The summed E-state index contributed by atoms with van der Waals surface area (Å²) in [5.74, 6) is -0.832. The minimum Gasteiger partial charge on any atom is -0.297 e. The van der Waals surface area contributed by atoms with E-state index in [1.807, 2.05) is 71.5 Å². The first kappa shape index (κ1) is 18.4. The molecular formula is C21H16N4OS2. The molecule has 0 unspecified atom stereocenters. The summed E-state index contributed by atoms with van der Waals surface area (Å²) in [6.07, 6.45) is 0. The Bertz CT molecular complexity index is 1170. The zero-order valence-corrected chi connectivity index (χ0v) is 16.7. The molecule has 0 spiro atoms. The van der Waals surface area contributed by atoms with Crippen molar-refractivity contribution in [3.63, 3.8) is 0 Å². The molecule has 0 bridgehead atoms. The lowest BCUT2D eigenvalue weighted by molar-refractivity contribution is -0.116. The molecule has 0 fully saturated rings. The number of fused-ring (bicyclic) bond motifs is 1. The molecule has 4 aromatic rings. The molecule has 0 radical (unpaired) electrons. The predicted molar refractivity (Wildman–Crippen MR) is 112 cm³/mol. The molecule has 0 N–H and O–H groups in total. The highest BCUT2D eigenvalue weighted by molar-refractivity contribution is 7.99. The number of thiazole rings is 1. The van der Waals surface area contributed by atoms with Crippen molar-refractivity contribution in [2.24, 2.45) is 0 Å². The number of Topliss-reactive ketones (excluding diaryl/α,β-unsaturated/α-hetero) is 1. The monoisotopic (exact) mass is 404 g/mol. The van der Waals surface area contributed by atoms with E-state index in [1.54, 1.807) is 0 Å². The van der Waals surface area contributed by atoms with Gasteiger partial charge in [0.1, 0.15) is 5.01 Å². The van der Waals surface area contributed by atoms with E-state index < -0.39 is 5.92 Å². The largest absolute Gasteiger partial charge is 0.297 e. The molecule has 1 atom stereocenters. The first-order valence-corrected chi connectivity index (χ1v) is 10.5. The van der Waals surface area contributed by atoms with E-state index in [4.69, 9.17) is 4.98 Å². The van der Waals surface area contributed by atoms with Gasteiger partial charge in [-0.2, -0.15) is 5.26 Å². The van der Waals surface area contributed by atoms with E-state index >= 15 is 0 Å². The van der Waals surface area contributed by atoms with Crippen LogP contribution in [-0.2, 0) is 4.79 Å². The van der Waals surface area contributed by atoms with Crippen LogP contribution in [0.3, 0.4) is 0 Å². The van der Waals surface area contributed by atoms with Crippen LogP contribution >= 0.6 is 23.1 Å². The van der Waals surface area contributed by atoms with Crippen LogP contribution < -0.4 is 0 Å². The summed E-state index contributed by atoms with van der Waals surface area (Å²) in [5, 5.41) is 12.6. The summed E-state index contributed by atoms with van der Waals surface area (Å²) in [7, 11) is 0. The van der Waals surface area contributed by atoms with Crippen LogP contribution in [0, 0.1) is 18.3 Å². The smallest absolute Gasteiger partial charge is 0.174 e. The number of hydrogen-bond donors (Lipinski definition) is 0. The van der Waals surface area contributed by atoms with Gasteiger partial charge in [0.2, 0.25) is 0 Å². The molecule has 0 aliphatic rings. The van der Waals surface area contributed by atoms with Crippen molar-refractivity contribution in [3.8, 4) is 11.8 Å². The van der Waals surface area contributed by atoms with E-state index in [1.165, 1.54) is 23.1 Å². The molecule has 28 heavy (non-hydrogen) atoms. The van der Waals surface area contributed by atoms with Crippen LogP contribution in [0.1, 0.15) is 16.6 Å². The lowest BCUT2D eigenvalue weighted by Crippen LogP contribution is -2.13. The molecule has 2 aromatic heterocycles. The molecule has 0 aliphatic carbocycles. The van der Waals surface area contributed by atoms with Crippen LogP contribution in [-0.4, -0.2) is 26.1 Å². The third kappa shape index (κ3) is 3.57. The van der Waals surface area contributed by atoms with Crippen molar-refractivity contribution < 1.29 is 4.79 Å². The van der Waals surface area contributed by atoms with E-state index in [0.717, 1.165) is 27.6 Å². The second-order valence-electron chi connectivity index (χ2n) is 6.20. The van der Waals surface area contributed by atoms with Gasteiger partial charge in [-0.3, -0.25) is 9.36 Å². The third-order valence-electron chi connectivity index (χ3n) is 4.22. The van der Waals surface area contributed by atoms with Gasteiger partial charge in [0.25, 0.3) is 0 Å². The average molecular weight is 405 g/mol. The highest BCUT2D eigenvalue weighted by atomic mass is 32.2. The molecule has 0 saturated heterocycles. The Morgan fingerprint density at radius 1 is 1.18 bits per heavy atom. The molecule has 0 amide bonds. The molecule has 2 aromatic carbocycles. The molecule has 7 heteroatoms. The molecule has 138 valence electrons. The van der Waals surface area contributed by atoms with Gasteiger partial charge in [-0.25, -0.2) is 9.97 Å². The van der Waals surface area contributed by atoms with E-state index in [-0.39, 0.29) is 11.5 Å². The number of benzene rings is 2. The number of nitriles is 1. The summed E-state index contributed by atoms with van der Waals surface area (Å²) in [6, 6.07) is 19.9. The average Bonchev–Trinajstić information content (AvgIpc) is 3.31. The van der Waals surface area contributed by atoms with E-state index in [9.17, 15) is 10.1 Å². The summed E-state index contributed by atoms with van der Waals surface area (Å²) in [6.45, 7) is 1.86. The van der Waals surface area contributed by atoms with Crippen LogP contribution in [0.5, 0.6) is 0 Å². The van der Waals surface area contributed by atoms with Crippen molar-refractivity contribution in [3.05, 3.63) is 70.7 Å². The van der Waals surface area contributed by atoms with Crippen molar-refractivity contribution in [2.45, 2.75) is 18.0 Å². The fraction of sp³-hybridized carbons (Fsp3) is 0.143. The maximum absolute atomic E-state index is 12.7. The SMILES string of the molecule is Cc1csc([C@H](C#N)C(=O)CSc2nc3ccccc3n2-c2ccccc2)n1. The Labute approximate surface area is 170 Å². The molecule has 4 rings (SSSR count). The van der Waals surface area contributed by atoms with Gasteiger partial charge >= 0.3 is 0 Å². The molecule has 0 saturated carbocycles. The highest BCUT2D eigenvalue weighted by Gasteiger charge is 2.24. The van der Waals surface area contributed by atoms with Gasteiger partial charge in [-0.05, 0) is 31.2 Å². The summed E-state index contributed by atoms with van der Waals surface area (Å²) in [4.78, 5) is 21.7. The Kier molecular flexibility index (Phi) is 5.24. The number of ketones is 1. The van der Waals surface area contributed by atoms with Crippen LogP contribution in [0.15, 0.2) is 65.1 Å². The number of para-hydroxylation sites is 3. The van der Waals surface area contributed by atoms with Gasteiger partial charge in [-0.15, -0.1) is 11.3 Å². The maximum Gasteiger partial charge on any atom is 0.174 e. The normalized spacial score (nSPS) is 12.0. The number of imidazole rings is 1. The predicted octanol–water partition coefficient (Wildman–Crippen LogP) is 4.76. The molecule has 0 aliphatic heterocycles. The maximum atomic E-state index is 12.7. The number of thioether (sulfide) groups is 1. The van der Waals surface area contributed by atoms with Crippen molar-refractivity contribution in [1.29, 1.82) is 5.26 Å². The second kappa shape index (κ2) is 7.97. The first-order valence-electron chi connectivity index (χ1n) is 8.67. The topological polar surface area (TPSA) is 71.6 Å². The number of aryl methyl sites for hydroxylation is 1. The van der Waals surface area contributed by atoms with Crippen molar-refractivity contribution in [1.82, 2.24) is 14.5 Å². The Morgan fingerprint density at radius 2 is 1.93 bits per heavy atom. The molecule has 2 heterocycles. The van der Waals surface area contributed by atoms with Gasteiger partial charge in [0.05, 0.1) is 22.9 Å². The number of rotatable bonds is 6. The fourth-order valence-electron chi connectivity index (χ4n) is 2.92. The number of aromatic nitrogens is 3. The Morgan fingerprint density at radius 3 is 2.64 bits per heavy atom. The van der Waals surface area contributed by atoms with Crippen LogP contribution in [0.4, 0.5) is 0 Å². The van der Waals surface area contributed by atoms with E-state index in [2.05, 4.69) is 11.1 Å². The third-order valence-corrected chi connectivity index (χ3v) is 6.21. The van der Waals surface area contributed by atoms with Crippen LogP contribution in [0.25, 0.3) is 16.7 Å². The number of hydrogen-bond acceptors (Lipinski definition) is 6. The number of carbonyl (C=O) groups is 1. The quantitative estimate of drug-likeness (QED) is 0.433. The van der Waals surface area contributed by atoms with Gasteiger partial charge in [-0.1, -0.05) is 42.1 Å². The number of carbonyl (C=O) groups excluding carboxylic acids is 1. The Balaban J connectivity index is 1.63. The van der Waals surface area contributed by atoms with Gasteiger partial charge < -0.3 is 0 Å². The zero-order valence-electron chi connectivity index (χ0n) is 15.1. The molecule has 5 nitrogen and oxygen atoms in total. The summed E-state index contributed by atoms with van der Waals surface area (Å²) < 4.78 is 2.04. The lowest BCUT2D eigenvalue weighted by Gasteiger charge is -2.09. The highest BCUT2D eigenvalue weighted by Crippen LogP contribution is 2.29. The molecular weight excluding hydrogens is 388 g/mol. The summed E-state index contributed by atoms with van der Waals surface area (Å²) >= 11 is 2.70. The van der Waals surface area contributed by atoms with Gasteiger partial charge in [0.15, 0.2) is 16.9 Å². The second-order valence-corrected chi connectivity index (χ2v) is 8.03. The van der Waals surface area contributed by atoms with Crippen LogP contribution in [0.2, 0.25) is 0 Å². The Hall–Kier alpha value is -2.95. The zero-order chi connectivity index (χ0) is 19.5. The van der Waals surface area contributed by atoms with E-state index in [0.29, 0.717) is 5.01 Å². The minimum absolute atomic E-state index is 0.159. The van der Waals surface area contributed by atoms with Crippen molar-refractivity contribution in [2.75, 3.05) is 5.75 Å². The number of nitrogens with zero attached hydrogens (tertiary/aromatic N) is 4.